The molecule has 1 saturated heterocycles. The van der Waals surface area contributed by atoms with Gasteiger partial charge in [0.1, 0.15) is 0 Å². The fraction of sp³-hybridized carbons (Fsp3) is 0.200. The maximum atomic E-state index is 13.6. The van der Waals surface area contributed by atoms with Crippen LogP contribution in [-0.4, -0.2) is 11.8 Å². The van der Waals surface area contributed by atoms with E-state index in [1.54, 1.807) is 24.3 Å². The van der Waals surface area contributed by atoms with Crippen LogP contribution in [0.1, 0.15) is 22.3 Å². The highest BCUT2D eigenvalue weighted by Crippen LogP contribution is 2.58. The van der Waals surface area contributed by atoms with E-state index in [2.05, 4.69) is 74.5 Å². The van der Waals surface area contributed by atoms with Gasteiger partial charge in [-0.1, -0.05) is 89.5 Å². The molecular weight excluding hydrogens is 442 g/mol. The van der Waals surface area contributed by atoms with E-state index in [9.17, 15) is 9.59 Å². The van der Waals surface area contributed by atoms with Crippen LogP contribution in [0.2, 0.25) is 5.02 Å². The topological polar surface area (TPSA) is 37.4 Å². The van der Waals surface area contributed by atoms with Gasteiger partial charge in [-0.05, 0) is 54.3 Å². The molecule has 4 atom stereocenters. The quantitative estimate of drug-likeness (QED) is 0.332. The largest absolute Gasteiger partial charge is 0.274 e. The van der Waals surface area contributed by atoms with E-state index in [-0.39, 0.29) is 35.5 Å². The molecular formula is C30H24ClNO2. The van der Waals surface area contributed by atoms with E-state index in [1.807, 2.05) is 0 Å². The van der Waals surface area contributed by atoms with Gasteiger partial charge in [0.25, 0.3) is 0 Å². The number of anilines is 1. The van der Waals surface area contributed by atoms with Crippen molar-refractivity contribution in [2.45, 2.75) is 13.8 Å². The molecule has 2 fully saturated rings. The normalized spacial score (nSPS) is 24.8. The number of fused-ring (bicyclic) bond motifs is 5. The van der Waals surface area contributed by atoms with Crippen LogP contribution in [-0.2, 0) is 9.59 Å². The molecule has 1 saturated carbocycles. The number of benzene rings is 3. The summed E-state index contributed by atoms with van der Waals surface area (Å²) in [6.07, 6.45) is 4.27. The van der Waals surface area contributed by atoms with Crippen LogP contribution in [0, 0.1) is 37.5 Å². The Morgan fingerprint density at radius 3 is 1.71 bits per heavy atom. The molecule has 0 radical (unpaired) electrons. The summed E-state index contributed by atoms with van der Waals surface area (Å²) in [6.45, 7) is 4.16. The lowest BCUT2D eigenvalue weighted by atomic mass is 9.85. The van der Waals surface area contributed by atoms with Crippen molar-refractivity contribution >= 4 is 34.7 Å². The fourth-order valence-corrected chi connectivity index (χ4v) is 6.09. The lowest BCUT2D eigenvalue weighted by molar-refractivity contribution is -0.122. The van der Waals surface area contributed by atoms with E-state index in [4.69, 9.17) is 11.6 Å². The average Bonchev–Trinajstić information content (AvgIpc) is 3.46. The molecule has 2 aliphatic carbocycles. The smallest absolute Gasteiger partial charge is 0.238 e. The first-order valence-electron chi connectivity index (χ1n) is 11.6. The SMILES string of the molecule is Cc1ccc(C(=C2[C@H]3C=C[C@H]2[C@H]2C(=O)N(c4cccc(Cl)c4)C(=O)[C@@H]23)c2ccc(C)cc2)cc1. The van der Waals surface area contributed by atoms with E-state index in [1.165, 1.54) is 21.6 Å². The van der Waals surface area contributed by atoms with Crippen molar-refractivity contribution in [3.05, 3.63) is 118 Å². The van der Waals surface area contributed by atoms with E-state index >= 15 is 0 Å². The zero-order valence-corrected chi connectivity index (χ0v) is 19.8. The first-order chi connectivity index (χ1) is 16.4. The Balaban J connectivity index is 1.49. The molecule has 0 aromatic heterocycles. The van der Waals surface area contributed by atoms with Crippen molar-refractivity contribution in [1.29, 1.82) is 0 Å². The maximum absolute atomic E-state index is 13.6. The van der Waals surface area contributed by atoms with E-state index < -0.39 is 0 Å². The molecule has 0 N–H and O–H groups in total. The van der Waals surface area contributed by atoms with Crippen LogP contribution in [0.25, 0.3) is 5.57 Å². The molecule has 2 amide bonds. The minimum atomic E-state index is -0.373. The van der Waals surface area contributed by atoms with Crippen molar-refractivity contribution in [3.8, 4) is 0 Å². The lowest BCUT2D eigenvalue weighted by Crippen LogP contribution is -2.33. The molecule has 0 spiro atoms. The fourth-order valence-electron chi connectivity index (χ4n) is 5.91. The summed E-state index contributed by atoms with van der Waals surface area (Å²) in [4.78, 5) is 28.6. The molecule has 168 valence electrons. The minimum absolute atomic E-state index is 0.0896. The first kappa shape index (κ1) is 21.1. The van der Waals surface area contributed by atoms with Gasteiger partial charge in [-0.3, -0.25) is 9.59 Å². The molecule has 4 heteroatoms. The number of aryl methyl sites for hydroxylation is 2. The zero-order chi connectivity index (χ0) is 23.6. The number of allylic oxidation sites excluding steroid dienone is 3. The number of imide groups is 1. The maximum Gasteiger partial charge on any atom is 0.238 e. The third kappa shape index (κ3) is 3.11. The number of hydrogen-bond acceptors (Lipinski definition) is 2. The average molecular weight is 466 g/mol. The zero-order valence-electron chi connectivity index (χ0n) is 19.0. The minimum Gasteiger partial charge on any atom is -0.274 e. The summed E-state index contributed by atoms with van der Waals surface area (Å²) in [5.41, 5.74) is 7.52. The van der Waals surface area contributed by atoms with Crippen molar-refractivity contribution in [1.82, 2.24) is 0 Å². The van der Waals surface area contributed by atoms with Gasteiger partial charge < -0.3 is 0 Å². The highest BCUT2D eigenvalue weighted by atomic mass is 35.5. The number of rotatable bonds is 3. The van der Waals surface area contributed by atoms with Gasteiger partial charge in [0.2, 0.25) is 11.8 Å². The van der Waals surface area contributed by atoms with Crippen molar-refractivity contribution in [2.24, 2.45) is 23.7 Å². The first-order valence-corrected chi connectivity index (χ1v) is 12.0. The van der Waals surface area contributed by atoms with Gasteiger partial charge in [0, 0.05) is 16.9 Å². The lowest BCUT2D eigenvalue weighted by Gasteiger charge is -2.22. The van der Waals surface area contributed by atoms with Crippen LogP contribution < -0.4 is 4.90 Å². The van der Waals surface area contributed by atoms with Gasteiger partial charge in [-0.15, -0.1) is 0 Å². The molecule has 0 unspecified atom stereocenters. The van der Waals surface area contributed by atoms with Crippen molar-refractivity contribution < 1.29 is 9.59 Å². The molecule has 2 bridgehead atoms. The van der Waals surface area contributed by atoms with Crippen molar-refractivity contribution in [3.63, 3.8) is 0 Å². The summed E-state index contributed by atoms with van der Waals surface area (Å²) < 4.78 is 0. The van der Waals surface area contributed by atoms with Gasteiger partial charge in [-0.2, -0.15) is 0 Å². The van der Waals surface area contributed by atoms with Crippen molar-refractivity contribution in [2.75, 3.05) is 4.90 Å². The molecule has 1 heterocycles. The van der Waals surface area contributed by atoms with E-state index in [0.717, 1.165) is 16.7 Å². The molecule has 1 aliphatic heterocycles. The number of halogens is 1. The summed E-state index contributed by atoms with van der Waals surface area (Å²) in [6, 6.07) is 24.0. The second-order valence-corrected chi connectivity index (χ2v) is 9.98. The molecule has 3 aromatic carbocycles. The van der Waals surface area contributed by atoms with Gasteiger partial charge >= 0.3 is 0 Å². The highest BCUT2D eigenvalue weighted by molar-refractivity contribution is 6.31. The predicted octanol–water partition coefficient (Wildman–Crippen LogP) is 6.38. The number of amides is 2. The Morgan fingerprint density at radius 2 is 1.24 bits per heavy atom. The van der Waals surface area contributed by atoms with Crippen LogP contribution in [0.3, 0.4) is 0 Å². The number of hydrogen-bond donors (Lipinski definition) is 0. The summed E-state index contributed by atoms with van der Waals surface area (Å²) in [5, 5.41) is 0.512. The molecule has 6 rings (SSSR count). The van der Waals surface area contributed by atoms with Gasteiger partial charge in [-0.25, -0.2) is 4.90 Å². The van der Waals surface area contributed by atoms with Gasteiger partial charge in [0.05, 0.1) is 17.5 Å². The van der Waals surface area contributed by atoms with Crippen LogP contribution >= 0.6 is 11.6 Å². The standard InChI is InChI=1S/C30H24ClNO2/c1-17-6-10-19(11-7-17)25(20-12-8-18(2)9-13-20)26-23-14-15-24(26)28-27(23)29(33)32(30(28)34)22-5-3-4-21(31)16-22/h3-16,23-24,27-28H,1-2H3/t23-,24-,27-,28-/m1/s1. The molecule has 3 aromatic rings. The molecule has 3 nitrogen and oxygen atoms in total. The molecule has 34 heavy (non-hydrogen) atoms. The number of carbonyl (C=O) groups excluding carboxylic acids is 2. The molecule has 3 aliphatic rings. The Bertz CT molecular complexity index is 1300. The Morgan fingerprint density at radius 1 is 0.735 bits per heavy atom. The predicted molar refractivity (Wildman–Crippen MR) is 135 cm³/mol. The van der Waals surface area contributed by atoms with Crippen LogP contribution in [0.5, 0.6) is 0 Å². The Hall–Kier alpha value is -3.43. The number of nitrogens with zero attached hydrogens (tertiary/aromatic N) is 1. The third-order valence-corrected chi connectivity index (χ3v) is 7.69. The second-order valence-electron chi connectivity index (χ2n) is 9.54. The number of carbonyl (C=O) groups is 2. The summed E-state index contributed by atoms with van der Waals surface area (Å²) >= 11 is 6.16. The Labute approximate surface area is 204 Å². The monoisotopic (exact) mass is 465 g/mol. The Kier molecular flexibility index (Phi) is 4.86. The summed E-state index contributed by atoms with van der Waals surface area (Å²) in [7, 11) is 0. The summed E-state index contributed by atoms with van der Waals surface area (Å²) in [5.74, 6) is -1.18. The van der Waals surface area contributed by atoms with Crippen LogP contribution in [0.4, 0.5) is 5.69 Å². The third-order valence-electron chi connectivity index (χ3n) is 7.45. The van der Waals surface area contributed by atoms with Crippen LogP contribution in [0.15, 0.2) is 90.5 Å². The highest BCUT2D eigenvalue weighted by Gasteiger charge is 2.62. The van der Waals surface area contributed by atoms with E-state index in [0.29, 0.717) is 10.7 Å². The second kappa shape index (κ2) is 7.82. The van der Waals surface area contributed by atoms with Gasteiger partial charge in [0.15, 0.2) is 0 Å².